The summed E-state index contributed by atoms with van der Waals surface area (Å²) in [6.45, 7) is 1.84. The summed E-state index contributed by atoms with van der Waals surface area (Å²) >= 11 is 1.24. The normalized spacial score (nSPS) is 12.5. The molecule has 1 heterocycles. The first-order valence-corrected chi connectivity index (χ1v) is 9.62. The highest BCUT2D eigenvalue weighted by Crippen LogP contribution is 2.42. The molecule has 0 radical (unpaired) electrons. The lowest BCUT2D eigenvalue weighted by Crippen LogP contribution is -2.04. The van der Waals surface area contributed by atoms with Gasteiger partial charge in [0.25, 0.3) is 5.22 Å². The molecule has 0 aliphatic carbocycles. The van der Waals surface area contributed by atoms with Crippen molar-refractivity contribution in [2.24, 2.45) is 0 Å². The number of thioether (sulfide) groups is 1. The van der Waals surface area contributed by atoms with Gasteiger partial charge in [0, 0.05) is 10.8 Å². The van der Waals surface area contributed by atoms with Crippen molar-refractivity contribution in [1.82, 2.24) is 10.2 Å². The Morgan fingerprint density at radius 1 is 0.933 bits per heavy atom. The van der Waals surface area contributed by atoms with Crippen LogP contribution < -0.4 is 14.2 Å². The number of aromatic nitrogens is 2. The number of nitrogens with zero attached hydrogens (tertiary/aromatic N) is 2. The predicted molar refractivity (Wildman–Crippen MR) is 105 cm³/mol. The van der Waals surface area contributed by atoms with E-state index < -0.39 is 11.7 Å². The zero-order chi connectivity index (χ0) is 21.9. The predicted octanol–water partition coefficient (Wildman–Crippen LogP) is 5.63. The zero-order valence-corrected chi connectivity index (χ0v) is 17.4. The summed E-state index contributed by atoms with van der Waals surface area (Å²) in [6, 6.07) is 8.36. The van der Waals surface area contributed by atoms with Crippen LogP contribution in [0.4, 0.5) is 13.2 Å². The van der Waals surface area contributed by atoms with Crippen LogP contribution in [-0.2, 0) is 6.18 Å². The summed E-state index contributed by atoms with van der Waals surface area (Å²) in [6.07, 6.45) is -4.36. The van der Waals surface area contributed by atoms with Crippen LogP contribution in [0.25, 0.3) is 11.5 Å². The van der Waals surface area contributed by atoms with Crippen LogP contribution in [0, 0.1) is 0 Å². The van der Waals surface area contributed by atoms with Crippen molar-refractivity contribution in [2.45, 2.75) is 23.6 Å². The minimum Gasteiger partial charge on any atom is -0.493 e. The second-order valence-corrected chi connectivity index (χ2v) is 7.46. The fourth-order valence-electron chi connectivity index (χ4n) is 2.74. The van der Waals surface area contributed by atoms with Crippen LogP contribution in [0.3, 0.4) is 0 Å². The van der Waals surface area contributed by atoms with Gasteiger partial charge in [-0.25, -0.2) is 0 Å². The molecule has 160 valence electrons. The summed E-state index contributed by atoms with van der Waals surface area (Å²) < 4.78 is 59.8. The van der Waals surface area contributed by atoms with Crippen molar-refractivity contribution < 1.29 is 31.8 Å². The fourth-order valence-corrected chi connectivity index (χ4v) is 3.55. The second-order valence-electron chi connectivity index (χ2n) is 6.17. The molecule has 1 unspecified atom stereocenters. The first-order chi connectivity index (χ1) is 14.3. The van der Waals surface area contributed by atoms with E-state index in [1.165, 1.54) is 45.2 Å². The summed E-state index contributed by atoms with van der Waals surface area (Å²) in [5, 5.41) is 8.16. The lowest BCUT2D eigenvalue weighted by atomic mass is 10.1. The number of alkyl halides is 3. The Morgan fingerprint density at radius 2 is 1.53 bits per heavy atom. The Balaban J connectivity index is 1.80. The molecule has 3 rings (SSSR count). The second kappa shape index (κ2) is 8.86. The number of methoxy groups -OCH3 is 3. The molecule has 0 saturated heterocycles. The molecule has 0 N–H and O–H groups in total. The topological polar surface area (TPSA) is 66.6 Å². The van der Waals surface area contributed by atoms with Crippen molar-refractivity contribution in [3.8, 4) is 28.7 Å². The minimum absolute atomic E-state index is 0.194. The van der Waals surface area contributed by atoms with Crippen molar-refractivity contribution in [3.05, 3.63) is 47.5 Å². The smallest absolute Gasteiger partial charge is 0.416 e. The van der Waals surface area contributed by atoms with Crippen molar-refractivity contribution in [2.75, 3.05) is 21.3 Å². The summed E-state index contributed by atoms with van der Waals surface area (Å²) in [7, 11) is 4.51. The van der Waals surface area contributed by atoms with Gasteiger partial charge in [0.1, 0.15) is 0 Å². The van der Waals surface area contributed by atoms with Gasteiger partial charge in [0.05, 0.1) is 26.9 Å². The molecular formula is C20H19F3N2O4S. The maximum Gasteiger partial charge on any atom is 0.416 e. The minimum atomic E-state index is -4.36. The highest BCUT2D eigenvalue weighted by molar-refractivity contribution is 7.99. The highest BCUT2D eigenvalue weighted by Gasteiger charge is 2.30. The number of ether oxygens (including phenoxy) is 3. The van der Waals surface area contributed by atoms with Crippen LogP contribution in [0.2, 0.25) is 0 Å². The first kappa shape index (κ1) is 21.8. The van der Waals surface area contributed by atoms with E-state index in [4.69, 9.17) is 18.6 Å². The summed E-state index contributed by atoms with van der Waals surface area (Å²) in [5.41, 5.74) is 0.595. The molecule has 0 saturated carbocycles. The third-order valence-corrected chi connectivity index (χ3v) is 5.30. The number of rotatable bonds is 7. The highest BCUT2D eigenvalue weighted by atomic mass is 32.2. The fraction of sp³-hybridized carbons (Fsp3) is 0.300. The third kappa shape index (κ3) is 4.64. The molecule has 0 bridgehead atoms. The maximum absolute atomic E-state index is 12.7. The Kier molecular flexibility index (Phi) is 6.45. The summed E-state index contributed by atoms with van der Waals surface area (Å²) in [5.74, 6) is 1.57. The molecule has 0 amide bonds. The molecule has 6 nitrogen and oxygen atoms in total. The van der Waals surface area contributed by atoms with E-state index in [0.29, 0.717) is 28.4 Å². The quantitative estimate of drug-likeness (QED) is 0.441. The van der Waals surface area contributed by atoms with E-state index in [9.17, 15) is 13.2 Å². The Labute approximate surface area is 175 Å². The number of benzene rings is 2. The molecule has 2 aromatic carbocycles. The van der Waals surface area contributed by atoms with Crippen molar-refractivity contribution in [3.63, 3.8) is 0 Å². The van der Waals surface area contributed by atoms with Gasteiger partial charge in [0.2, 0.25) is 11.6 Å². The van der Waals surface area contributed by atoms with Gasteiger partial charge in [-0.05, 0) is 36.8 Å². The van der Waals surface area contributed by atoms with Gasteiger partial charge in [0.15, 0.2) is 11.5 Å². The monoisotopic (exact) mass is 440 g/mol. The first-order valence-electron chi connectivity index (χ1n) is 8.74. The van der Waals surface area contributed by atoms with Crippen LogP contribution in [0.15, 0.2) is 46.0 Å². The van der Waals surface area contributed by atoms with Gasteiger partial charge in [-0.1, -0.05) is 23.9 Å². The van der Waals surface area contributed by atoms with Crippen molar-refractivity contribution >= 4 is 11.8 Å². The SMILES string of the molecule is COc1cc(-c2nnc(SC(C)c3ccc(C(F)(F)F)cc3)o2)cc(OC)c1OC. The van der Waals surface area contributed by atoms with E-state index in [-0.39, 0.29) is 16.4 Å². The third-order valence-electron chi connectivity index (χ3n) is 4.30. The molecular weight excluding hydrogens is 421 g/mol. The van der Waals surface area contributed by atoms with Crippen LogP contribution in [0.5, 0.6) is 17.2 Å². The van der Waals surface area contributed by atoms with Crippen LogP contribution >= 0.6 is 11.8 Å². The van der Waals surface area contributed by atoms with E-state index in [1.54, 1.807) is 12.1 Å². The van der Waals surface area contributed by atoms with Crippen molar-refractivity contribution in [1.29, 1.82) is 0 Å². The lowest BCUT2D eigenvalue weighted by Gasteiger charge is -2.12. The molecule has 3 aromatic rings. The largest absolute Gasteiger partial charge is 0.493 e. The van der Waals surface area contributed by atoms with Gasteiger partial charge >= 0.3 is 6.18 Å². The maximum atomic E-state index is 12.7. The van der Waals surface area contributed by atoms with Gasteiger partial charge in [-0.2, -0.15) is 13.2 Å². The molecule has 1 aromatic heterocycles. The molecule has 1 atom stereocenters. The number of hydrogen-bond donors (Lipinski definition) is 0. The molecule has 0 spiro atoms. The molecule has 0 aliphatic rings. The molecule has 0 fully saturated rings. The van der Waals surface area contributed by atoms with Gasteiger partial charge < -0.3 is 18.6 Å². The van der Waals surface area contributed by atoms with E-state index in [1.807, 2.05) is 6.92 Å². The number of hydrogen-bond acceptors (Lipinski definition) is 7. The average molecular weight is 440 g/mol. The number of halogens is 3. The molecule has 0 aliphatic heterocycles. The van der Waals surface area contributed by atoms with E-state index in [0.717, 1.165) is 12.1 Å². The lowest BCUT2D eigenvalue weighted by molar-refractivity contribution is -0.137. The van der Waals surface area contributed by atoms with E-state index in [2.05, 4.69) is 10.2 Å². The van der Waals surface area contributed by atoms with Crippen LogP contribution in [0.1, 0.15) is 23.3 Å². The zero-order valence-electron chi connectivity index (χ0n) is 16.6. The molecule has 10 heteroatoms. The average Bonchev–Trinajstić information content (AvgIpc) is 3.20. The molecule has 30 heavy (non-hydrogen) atoms. The Bertz CT molecular complexity index is 981. The van der Waals surface area contributed by atoms with E-state index >= 15 is 0 Å². The standard InChI is InChI=1S/C20H19F3N2O4S/c1-11(12-5-7-14(8-6-12)20(21,22)23)30-19-25-24-18(29-19)13-9-15(26-2)17(28-4)16(10-13)27-3/h5-11H,1-4H3. The van der Waals surface area contributed by atoms with Gasteiger partial charge in [-0.3, -0.25) is 0 Å². The Hall–Kier alpha value is -2.88. The van der Waals surface area contributed by atoms with Crippen LogP contribution in [-0.4, -0.2) is 31.5 Å². The Morgan fingerprint density at radius 3 is 2.03 bits per heavy atom. The van der Waals surface area contributed by atoms with Gasteiger partial charge in [-0.15, -0.1) is 10.2 Å². The summed E-state index contributed by atoms with van der Waals surface area (Å²) in [4.78, 5) is 0.